The van der Waals surface area contributed by atoms with Crippen LogP contribution >= 0.6 is 0 Å². The van der Waals surface area contributed by atoms with Crippen molar-refractivity contribution >= 4 is 11.9 Å². The Labute approximate surface area is 190 Å². The van der Waals surface area contributed by atoms with Gasteiger partial charge in [-0.2, -0.15) is 0 Å². The van der Waals surface area contributed by atoms with Crippen LogP contribution in [0.2, 0.25) is 0 Å². The topological polar surface area (TPSA) is 55.9 Å². The van der Waals surface area contributed by atoms with Crippen molar-refractivity contribution in [2.75, 3.05) is 39.3 Å². The van der Waals surface area contributed by atoms with Gasteiger partial charge in [0.2, 0.25) is 5.91 Å². The molecule has 1 aliphatic heterocycles. The Morgan fingerprint density at radius 1 is 0.969 bits per heavy atom. The van der Waals surface area contributed by atoms with Gasteiger partial charge < -0.3 is 15.1 Å². The van der Waals surface area contributed by atoms with Gasteiger partial charge in [-0.3, -0.25) is 9.69 Å². The van der Waals surface area contributed by atoms with E-state index in [-0.39, 0.29) is 23.7 Å². The summed E-state index contributed by atoms with van der Waals surface area (Å²) in [6.45, 7) is 9.03. The molecule has 1 saturated heterocycles. The van der Waals surface area contributed by atoms with Gasteiger partial charge in [-0.15, -0.1) is 0 Å². The monoisotopic (exact) mass is 440 g/mol. The lowest BCUT2D eigenvalue weighted by atomic mass is 10.1. The normalized spacial score (nSPS) is 14.4. The van der Waals surface area contributed by atoms with Gasteiger partial charge in [-0.05, 0) is 23.3 Å². The number of halogens is 1. The van der Waals surface area contributed by atoms with Crippen LogP contribution in [0.15, 0.2) is 54.6 Å². The number of carbonyl (C=O) groups excluding carboxylic acids is 2. The second-order valence-electron chi connectivity index (χ2n) is 8.51. The van der Waals surface area contributed by atoms with Crippen LogP contribution in [-0.2, 0) is 17.9 Å². The highest BCUT2D eigenvalue weighted by atomic mass is 19.1. The number of benzene rings is 2. The molecule has 0 aliphatic carbocycles. The highest BCUT2D eigenvalue weighted by molar-refractivity contribution is 5.78. The van der Waals surface area contributed by atoms with Crippen LogP contribution < -0.4 is 5.32 Å². The second kappa shape index (κ2) is 11.6. The number of urea groups is 1. The van der Waals surface area contributed by atoms with Crippen LogP contribution in [0.3, 0.4) is 0 Å². The summed E-state index contributed by atoms with van der Waals surface area (Å²) >= 11 is 0. The molecule has 3 amide bonds. The van der Waals surface area contributed by atoms with E-state index in [4.69, 9.17) is 0 Å². The molecule has 1 N–H and O–H groups in total. The molecule has 0 radical (unpaired) electrons. The van der Waals surface area contributed by atoms with Gasteiger partial charge in [0, 0.05) is 58.3 Å². The van der Waals surface area contributed by atoms with E-state index in [0.29, 0.717) is 19.6 Å². The number of carbonyl (C=O) groups is 2. The number of nitrogens with one attached hydrogen (secondary N) is 1. The molecule has 2 aromatic carbocycles. The summed E-state index contributed by atoms with van der Waals surface area (Å²) in [6.07, 6.45) is 0. The number of piperazine rings is 1. The molecule has 2 aromatic rings. The predicted molar refractivity (Wildman–Crippen MR) is 123 cm³/mol. The van der Waals surface area contributed by atoms with Gasteiger partial charge in [0.15, 0.2) is 0 Å². The van der Waals surface area contributed by atoms with Crippen molar-refractivity contribution in [3.05, 3.63) is 71.5 Å². The van der Waals surface area contributed by atoms with Crippen molar-refractivity contribution in [3.63, 3.8) is 0 Å². The third-order valence-electron chi connectivity index (χ3n) is 5.72. The molecule has 172 valence electrons. The van der Waals surface area contributed by atoms with Crippen LogP contribution in [0.5, 0.6) is 0 Å². The van der Waals surface area contributed by atoms with E-state index in [9.17, 15) is 14.0 Å². The van der Waals surface area contributed by atoms with Crippen molar-refractivity contribution < 1.29 is 14.0 Å². The van der Waals surface area contributed by atoms with Crippen LogP contribution in [0.4, 0.5) is 9.18 Å². The molecule has 7 heteroatoms. The molecule has 0 bridgehead atoms. The predicted octanol–water partition coefficient (Wildman–Crippen LogP) is 3.34. The zero-order chi connectivity index (χ0) is 22.9. The molecule has 0 spiro atoms. The highest BCUT2D eigenvalue weighted by Crippen LogP contribution is 2.10. The van der Waals surface area contributed by atoms with Crippen molar-refractivity contribution in [1.29, 1.82) is 0 Å². The Morgan fingerprint density at radius 2 is 1.62 bits per heavy atom. The van der Waals surface area contributed by atoms with Gasteiger partial charge in [0.25, 0.3) is 0 Å². The minimum atomic E-state index is -0.289. The first kappa shape index (κ1) is 23.7. The van der Waals surface area contributed by atoms with E-state index in [1.54, 1.807) is 17.0 Å². The molecular weight excluding hydrogens is 407 g/mol. The SMILES string of the molecule is CC(C)C(=O)N1CCN(CCN(Cc2ccc(F)cc2)C(=O)NCc2ccccc2)CC1. The molecule has 32 heavy (non-hydrogen) atoms. The fourth-order valence-corrected chi connectivity index (χ4v) is 3.77. The quantitative estimate of drug-likeness (QED) is 0.685. The Balaban J connectivity index is 1.56. The van der Waals surface area contributed by atoms with Gasteiger partial charge in [-0.1, -0.05) is 56.3 Å². The van der Waals surface area contributed by atoms with Crippen LogP contribution in [-0.4, -0.2) is 65.9 Å². The Hall–Kier alpha value is -2.93. The largest absolute Gasteiger partial charge is 0.340 e. The molecule has 0 aromatic heterocycles. The number of hydrogen-bond donors (Lipinski definition) is 1. The van der Waals surface area contributed by atoms with Crippen LogP contribution in [0.25, 0.3) is 0 Å². The lowest BCUT2D eigenvalue weighted by Gasteiger charge is -2.36. The van der Waals surface area contributed by atoms with E-state index in [1.165, 1.54) is 12.1 Å². The molecule has 0 atom stereocenters. The van der Waals surface area contributed by atoms with Crippen molar-refractivity contribution in [1.82, 2.24) is 20.0 Å². The fourth-order valence-electron chi connectivity index (χ4n) is 3.77. The van der Waals surface area contributed by atoms with Gasteiger partial charge in [0.05, 0.1) is 0 Å². The molecule has 0 saturated carbocycles. The maximum Gasteiger partial charge on any atom is 0.318 e. The molecule has 6 nitrogen and oxygen atoms in total. The maximum absolute atomic E-state index is 13.3. The minimum absolute atomic E-state index is 0.0149. The van der Waals surface area contributed by atoms with E-state index in [2.05, 4.69) is 10.2 Å². The van der Waals surface area contributed by atoms with Crippen molar-refractivity contribution in [3.8, 4) is 0 Å². The van der Waals surface area contributed by atoms with Crippen molar-refractivity contribution in [2.45, 2.75) is 26.9 Å². The Bertz CT molecular complexity index is 865. The lowest BCUT2D eigenvalue weighted by molar-refractivity contribution is -0.136. The average molecular weight is 441 g/mol. The average Bonchev–Trinajstić information content (AvgIpc) is 2.82. The number of amides is 3. The summed E-state index contributed by atoms with van der Waals surface area (Å²) in [4.78, 5) is 31.1. The Kier molecular flexibility index (Phi) is 8.62. The third-order valence-corrected chi connectivity index (χ3v) is 5.72. The molecule has 3 rings (SSSR count). The van der Waals surface area contributed by atoms with Gasteiger partial charge >= 0.3 is 6.03 Å². The second-order valence-corrected chi connectivity index (χ2v) is 8.51. The summed E-state index contributed by atoms with van der Waals surface area (Å²) < 4.78 is 13.3. The first-order valence-corrected chi connectivity index (χ1v) is 11.2. The standard InChI is InChI=1S/C25H33FN4O2/c1-20(2)24(31)29-15-12-28(13-16-29)14-17-30(19-22-8-10-23(26)11-9-22)25(32)27-18-21-6-4-3-5-7-21/h3-11,20H,12-19H2,1-2H3,(H,27,32). The first-order valence-electron chi connectivity index (χ1n) is 11.2. The summed E-state index contributed by atoms with van der Waals surface area (Å²) in [7, 11) is 0. The van der Waals surface area contributed by atoms with E-state index in [0.717, 1.165) is 43.9 Å². The summed E-state index contributed by atoms with van der Waals surface area (Å²) in [6, 6.07) is 15.9. The van der Waals surface area contributed by atoms with E-state index in [1.807, 2.05) is 49.1 Å². The van der Waals surface area contributed by atoms with Gasteiger partial charge in [-0.25, -0.2) is 9.18 Å². The lowest BCUT2D eigenvalue weighted by Crippen LogP contribution is -2.52. The molecule has 1 heterocycles. The van der Waals surface area contributed by atoms with Gasteiger partial charge in [0.1, 0.15) is 5.82 Å². The number of rotatable bonds is 8. The summed E-state index contributed by atoms with van der Waals surface area (Å²) in [5.41, 5.74) is 1.92. The van der Waals surface area contributed by atoms with Crippen molar-refractivity contribution in [2.24, 2.45) is 5.92 Å². The zero-order valence-electron chi connectivity index (χ0n) is 19.0. The smallest absolute Gasteiger partial charge is 0.318 e. The number of nitrogens with zero attached hydrogens (tertiary/aromatic N) is 3. The van der Waals surface area contributed by atoms with E-state index < -0.39 is 0 Å². The van der Waals surface area contributed by atoms with Crippen LogP contribution in [0.1, 0.15) is 25.0 Å². The first-order chi connectivity index (χ1) is 15.4. The molecule has 1 fully saturated rings. The summed E-state index contributed by atoms with van der Waals surface area (Å²) in [5.74, 6) is -0.0772. The molecule has 0 unspecified atom stereocenters. The molecule has 1 aliphatic rings. The van der Waals surface area contributed by atoms with Crippen LogP contribution in [0, 0.1) is 11.7 Å². The molecular formula is C25H33FN4O2. The summed E-state index contributed by atoms with van der Waals surface area (Å²) in [5, 5.41) is 2.99. The van der Waals surface area contributed by atoms with E-state index >= 15 is 0 Å². The zero-order valence-corrected chi connectivity index (χ0v) is 19.0. The maximum atomic E-state index is 13.3. The third kappa shape index (κ3) is 7.05. The number of hydrogen-bond acceptors (Lipinski definition) is 3. The minimum Gasteiger partial charge on any atom is -0.340 e. The fraction of sp³-hybridized carbons (Fsp3) is 0.440. The Morgan fingerprint density at radius 3 is 2.25 bits per heavy atom. The highest BCUT2D eigenvalue weighted by Gasteiger charge is 2.23.